The van der Waals surface area contributed by atoms with Gasteiger partial charge in [-0.15, -0.1) is 0 Å². The minimum absolute atomic E-state index is 0.136. The van der Waals surface area contributed by atoms with E-state index in [2.05, 4.69) is 29.1 Å². The second-order valence-corrected chi connectivity index (χ2v) is 4.45. The number of hydrogen-bond donors (Lipinski definition) is 1. The highest BCUT2D eigenvalue weighted by molar-refractivity contribution is 5.27. The van der Waals surface area contributed by atoms with Crippen molar-refractivity contribution in [3.8, 4) is 5.88 Å². The molecule has 0 fully saturated rings. The lowest BCUT2D eigenvalue weighted by molar-refractivity contribution is 0.232. The van der Waals surface area contributed by atoms with E-state index in [4.69, 9.17) is 4.74 Å². The molecular formula is C13H23N3O. The van der Waals surface area contributed by atoms with Crippen molar-refractivity contribution in [1.82, 2.24) is 9.97 Å². The molecule has 1 rings (SSSR count). The Hall–Kier alpha value is -1.32. The minimum Gasteiger partial charge on any atom is -0.475 e. The van der Waals surface area contributed by atoms with E-state index in [1.807, 2.05) is 13.8 Å². The number of hydrogen-bond acceptors (Lipinski definition) is 4. The third-order valence-corrected chi connectivity index (χ3v) is 2.69. The van der Waals surface area contributed by atoms with Gasteiger partial charge in [0.15, 0.2) is 0 Å². The van der Waals surface area contributed by atoms with Crippen LogP contribution in [0.1, 0.15) is 40.5 Å². The number of nitrogens with zero attached hydrogens (tertiary/aromatic N) is 2. The first-order chi connectivity index (χ1) is 8.15. The Morgan fingerprint density at radius 1 is 1.29 bits per heavy atom. The van der Waals surface area contributed by atoms with E-state index in [0.29, 0.717) is 17.7 Å². The number of anilines is 1. The molecule has 0 saturated carbocycles. The van der Waals surface area contributed by atoms with Gasteiger partial charge in [0.2, 0.25) is 11.8 Å². The Balaban J connectivity index is 2.53. The van der Waals surface area contributed by atoms with Crippen molar-refractivity contribution in [3.63, 3.8) is 0 Å². The van der Waals surface area contributed by atoms with Gasteiger partial charge in [0.05, 0.1) is 6.10 Å². The molecule has 0 aromatic carbocycles. The predicted octanol–water partition coefficient (Wildman–Crippen LogP) is 3.11. The molecule has 0 aliphatic rings. The highest BCUT2D eigenvalue weighted by atomic mass is 16.5. The standard InChI is InChI=1S/C13H23N3O/c1-5-11(6-2)9-15-13-14-8-7-12(16-13)17-10(3)4/h7-8,10-11H,5-6,9H2,1-4H3,(H,14,15,16). The van der Waals surface area contributed by atoms with Crippen LogP contribution < -0.4 is 10.1 Å². The van der Waals surface area contributed by atoms with Crippen molar-refractivity contribution in [3.05, 3.63) is 12.3 Å². The summed E-state index contributed by atoms with van der Waals surface area (Å²) in [6, 6.07) is 1.78. The summed E-state index contributed by atoms with van der Waals surface area (Å²) < 4.78 is 5.52. The fourth-order valence-electron chi connectivity index (χ4n) is 1.55. The highest BCUT2D eigenvalue weighted by Gasteiger charge is 2.05. The van der Waals surface area contributed by atoms with Crippen molar-refractivity contribution in [2.24, 2.45) is 5.92 Å². The molecule has 4 heteroatoms. The molecule has 0 aliphatic carbocycles. The molecule has 0 saturated heterocycles. The van der Waals surface area contributed by atoms with Crippen LogP contribution in [0.2, 0.25) is 0 Å². The van der Waals surface area contributed by atoms with Crippen molar-refractivity contribution in [1.29, 1.82) is 0 Å². The topological polar surface area (TPSA) is 47.0 Å². The summed E-state index contributed by atoms with van der Waals surface area (Å²) in [5, 5.41) is 3.26. The van der Waals surface area contributed by atoms with Gasteiger partial charge in [0.25, 0.3) is 0 Å². The highest BCUT2D eigenvalue weighted by Crippen LogP contribution is 2.12. The average Bonchev–Trinajstić information content (AvgIpc) is 2.30. The fraction of sp³-hybridized carbons (Fsp3) is 0.692. The van der Waals surface area contributed by atoms with Crippen LogP contribution in [0.5, 0.6) is 5.88 Å². The number of rotatable bonds is 7. The third-order valence-electron chi connectivity index (χ3n) is 2.69. The van der Waals surface area contributed by atoms with Crippen molar-refractivity contribution < 1.29 is 4.74 Å². The average molecular weight is 237 g/mol. The Bertz CT molecular complexity index is 324. The van der Waals surface area contributed by atoms with Crippen molar-refractivity contribution in [2.45, 2.75) is 46.6 Å². The molecule has 1 heterocycles. The van der Waals surface area contributed by atoms with Crippen LogP contribution in [-0.2, 0) is 0 Å². The van der Waals surface area contributed by atoms with Crippen LogP contribution >= 0.6 is 0 Å². The summed E-state index contributed by atoms with van der Waals surface area (Å²) in [5.41, 5.74) is 0. The molecule has 4 nitrogen and oxygen atoms in total. The van der Waals surface area contributed by atoms with Gasteiger partial charge in [-0.2, -0.15) is 4.98 Å². The Kier molecular flexibility index (Phi) is 5.73. The van der Waals surface area contributed by atoms with Gasteiger partial charge in [-0.05, 0) is 19.8 Å². The molecule has 17 heavy (non-hydrogen) atoms. The first-order valence-electron chi connectivity index (χ1n) is 6.39. The molecule has 0 spiro atoms. The van der Waals surface area contributed by atoms with E-state index in [9.17, 15) is 0 Å². The lowest BCUT2D eigenvalue weighted by Gasteiger charge is -2.14. The van der Waals surface area contributed by atoms with Crippen LogP contribution in [-0.4, -0.2) is 22.6 Å². The van der Waals surface area contributed by atoms with Crippen molar-refractivity contribution in [2.75, 3.05) is 11.9 Å². The minimum atomic E-state index is 0.136. The first-order valence-corrected chi connectivity index (χ1v) is 6.39. The summed E-state index contributed by atoms with van der Waals surface area (Å²) in [4.78, 5) is 8.49. The maximum Gasteiger partial charge on any atom is 0.225 e. The van der Waals surface area contributed by atoms with E-state index in [1.165, 1.54) is 12.8 Å². The molecule has 0 radical (unpaired) electrons. The van der Waals surface area contributed by atoms with Gasteiger partial charge >= 0.3 is 0 Å². The SMILES string of the molecule is CCC(CC)CNc1nccc(OC(C)C)n1. The van der Waals surface area contributed by atoms with E-state index in [1.54, 1.807) is 12.3 Å². The molecule has 1 aromatic rings. The van der Waals surface area contributed by atoms with Crippen LogP contribution in [0.25, 0.3) is 0 Å². The molecule has 0 aliphatic heterocycles. The summed E-state index contributed by atoms with van der Waals surface area (Å²) in [5.74, 6) is 1.95. The zero-order chi connectivity index (χ0) is 12.7. The lowest BCUT2D eigenvalue weighted by Crippen LogP contribution is -2.15. The largest absolute Gasteiger partial charge is 0.475 e. The Morgan fingerprint density at radius 3 is 2.59 bits per heavy atom. The number of aromatic nitrogens is 2. The lowest BCUT2D eigenvalue weighted by atomic mass is 10.0. The molecule has 0 atom stereocenters. The number of nitrogens with one attached hydrogen (secondary N) is 1. The van der Waals surface area contributed by atoms with Gasteiger partial charge < -0.3 is 10.1 Å². The van der Waals surface area contributed by atoms with E-state index in [0.717, 1.165) is 6.54 Å². The normalized spacial score (nSPS) is 10.9. The molecule has 0 unspecified atom stereocenters. The molecular weight excluding hydrogens is 214 g/mol. The van der Waals surface area contributed by atoms with Gasteiger partial charge in [-0.25, -0.2) is 4.98 Å². The Labute approximate surface area is 104 Å². The maximum atomic E-state index is 5.52. The number of ether oxygens (including phenoxy) is 1. The molecule has 0 amide bonds. The smallest absolute Gasteiger partial charge is 0.225 e. The molecule has 1 N–H and O–H groups in total. The van der Waals surface area contributed by atoms with Gasteiger partial charge in [0, 0.05) is 18.8 Å². The molecule has 1 aromatic heterocycles. The third kappa shape index (κ3) is 5.02. The molecule has 0 bridgehead atoms. The monoisotopic (exact) mass is 237 g/mol. The maximum absolute atomic E-state index is 5.52. The van der Waals surface area contributed by atoms with Gasteiger partial charge in [-0.3, -0.25) is 0 Å². The second kappa shape index (κ2) is 7.09. The summed E-state index contributed by atoms with van der Waals surface area (Å²) in [6.45, 7) is 9.29. The summed E-state index contributed by atoms with van der Waals surface area (Å²) in [6.07, 6.45) is 4.20. The van der Waals surface area contributed by atoms with Gasteiger partial charge in [-0.1, -0.05) is 26.7 Å². The fourth-order valence-corrected chi connectivity index (χ4v) is 1.55. The van der Waals surface area contributed by atoms with Crippen LogP contribution in [0.3, 0.4) is 0 Å². The van der Waals surface area contributed by atoms with Crippen LogP contribution in [0, 0.1) is 5.92 Å². The quantitative estimate of drug-likeness (QED) is 0.791. The van der Waals surface area contributed by atoms with Crippen molar-refractivity contribution >= 4 is 5.95 Å². The Morgan fingerprint density at radius 2 is 2.00 bits per heavy atom. The predicted molar refractivity (Wildman–Crippen MR) is 70.4 cm³/mol. The van der Waals surface area contributed by atoms with Crippen LogP contribution in [0.4, 0.5) is 5.95 Å². The molecule has 96 valence electrons. The first kappa shape index (κ1) is 13.7. The summed E-state index contributed by atoms with van der Waals surface area (Å²) >= 11 is 0. The van der Waals surface area contributed by atoms with E-state index >= 15 is 0 Å². The van der Waals surface area contributed by atoms with E-state index < -0.39 is 0 Å². The summed E-state index contributed by atoms with van der Waals surface area (Å²) in [7, 11) is 0. The van der Waals surface area contributed by atoms with Gasteiger partial charge in [0.1, 0.15) is 0 Å². The zero-order valence-electron chi connectivity index (χ0n) is 11.2. The second-order valence-electron chi connectivity index (χ2n) is 4.45. The van der Waals surface area contributed by atoms with Crippen LogP contribution in [0.15, 0.2) is 12.3 Å². The van der Waals surface area contributed by atoms with E-state index in [-0.39, 0.29) is 6.10 Å². The zero-order valence-corrected chi connectivity index (χ0v) is 11.2.